The van der Waals surface area contributed by atoms with E-state index in [0.29, 0.717) is 16.3 Å². The maximum absolute atomic E-state index is 12.2. The molecule has 0 fully saturated rings. The van der Waals surface area contributed by atoms with Gasteiger partial charge in [0, 0.05) is 10.9 Å². The molecular weight excluding hydrogens is 312 g/mol. The number of fused-ring (bicyclic) bond motifs is 1. The van der Waals surface area contributed by atoms with E-state index in [1.54, 1.807) is 23.5 Å². The van der Waals surface area contributed by atoms with E-state index in [4.69, 9.17) is 11.6 Å². The van der Waals surface area contributed by atoms with Crippen LogP contribution in [0.3, 0.4) is 0 Å². The molecule has 0 saturated carbocycles. The topological polar surface area (TPSA) is 42.9 Å². The lowest BCUT2D eigenvalue weighted by molar-refractivity contribution is 0.102. The second-order valence-electron chi connectivity index (χ2n) is 4.01. The van der Waals surface area contributed by atoms with E-state index in [1.807, 2.05) is 23.6 Å². The Morgan fingerprint density at radius 1 is 1.25 bits per heavy atom. The van der Waals surface area contributed by atoms with Gasteiger partial charge in [0.15, 0.2) is 5.78 Å². The number of nitrogens with zero attached hydrogens (tertiary/aromatic N) is 2. The van der Waals surface area contributed by atoms with E-state index in [9.17, 15) is 4.79 Å². The molecule has 0 bridgehead atoms. The van der Waals surface area contributed by atoms with Crippen LogP contribution in [0.2, 0.25) is 5.02 Å². The van der Waals surface area contributed by atoms with E-state index in [-0.39, 0.29) is 5.78 Å². The molecule has 1 aromatic carbocycles. The number of rotatable bonds is 4. The smallest absolute Gasteiger partial charge is 0.174 e. The van der Waals surface area contributed by atoms with Crippen molar-refractivity contribution in [1.29, 1.82) is 0 Å². The van der Waals surface area contributed by atoms with Crippen LogP contribution < -0.4 is 0 Å². The van der Waals surface area contributed by atoms with Crippen molar-refractivity contribution in [2.45, 2.75) is 5.03 Å². The Morgan fingerprint density at radius 3 is 2.95 bits per heavy atom. The van der Waals surface area contributed by atoms with Crippen LogP contribution in [0.5, 0.6) is 0 Å². The van der Waals surface area contributed by atoms with Gasteiger partial charge in [0.25, 0.3) is 0 Å². The Kier molecular flexibility index (Phi) is 4.00. The van der Waals surface area contributed by atoms with Gasteiger partial charge < -0.3 is 0 Å². The van der Waals surface area contributed by atoms with E-state index < -0.39 is 0 Å². The first-order valence-electron chi connectivity index (χ1n) is 5.84. The third-order valence-corrected chi connectivity index (χ3v) is 4.90. The van der Waals surface area contributed by atoms with E-state index in [0.717, 1.165) is 15.2 Å². The second-order valence-corrected chi connectivity index (χ2v) is 6.28. The number of Topliss-reactive ketones (excluding diaryl/α,β-unsaturated/α-hetero) is 1. The summed E-state index contributed by atoms with van der Waals surface area (Å²) in [5.74, 6) is 0.314. The van der Waals surface area contributed by atoms with E-state index in [2.05, 4.69) is 9.97 Å². The summed E-state index contributed by atoms with van der Waals surface area (Å²) in [7, 11) is 0. The number of hydrogen-bond donors (Lipinski definition) is 0. The minimum Gasteiger partial charge on any atom is -0.293 e. The van der Waals surface area contributed by atoms with Gasteiger partial charge in [0.1, 0.15) is 16.2 Å². The molecule has 3 nitrogen and oxygen atoms in total. The van der Waals surface area contributed by atoms with Gasteiger partial charge in [-0.2, -0.15) is 0 Å². The highest BCUT2D eigenvalue weighted by molar-refractivity contribution is 8.00. The number of carbonyl (C=O) groups excluding carboxylic acids is 1. The van der Waals surface area contributed by atoms with Gasteiger partial charge in [-0.25, -0.2) is 9.97 Å². The molecule has 0 aliphatic carbocycles. The summed E-state index contributed by atoms with van der Waals surface area (Å²) in [4.78, 5) is 21.5. The summed E-state index contributed by atoms with van der Waals surface area (Å²) in [6, 6.07) is 9.06. The number of hydrogen-bond acceptors (Lipinski definition) is 5. The molecule has 0 saturated heterocycles. The normalized spacial score (nSPS) is 10.8. The van der Waals surface area contributed by atoms with Crippen LogP contribution in [0.1, 0.15) is 10.4 Å². The lowest BCUT2D eigenvalue weighted by atomic mass is 10.1. The first kappa shape index (κ1) is 13.5. The molecule has 0 unspecified atom stereocenters. The average Bonchev–Trinajstić information content (AvgIpc) is 2.94. The maximum atomic E-state index is 12.2. The molecule has 2 heterocycles. The fraction of sp³-hybridized carbons (Fsp3) is 0.0714. The third-order valence-electron chi connectivity index (χ3n) is 2.74. The summed E-state index contributed by atoms with van der Waals surface area (Å²) in [5, 5.41) is 4.28. The van der Waals surface area contributed by atoms with Gasteiger partial charge in [0.05, 0.1) is 10.8 Å². The van der Waals surface area contributed by atoms with Gasteiger partial charge >= 0.3 is 0 Å². The molecule has 3 rings (SSSR count). The highest BCUT2D eigenvalue weighted by Crippen LogP contribution is 2.28. The predicted molar refractivity (Wildman–Crippen MR) is 83.9 cm³/mol. The molecule has 6 heteroatoms. The van der Waals surface area contributed by atoms with Crippen LogP contribution >= 0.6 is 34.7 Å². The largest absolute Gasteiger partial charge is 0.293 e. The molecule has 0 spiro atoms. The molecule has 0 atom stereocenters. The van der Waals surface area contributed by atoms with Crippen LogP contribution in [-0.2, 0) is 0 Å². The summed E-state index contributed by atoms with van der Waals surface area (Å²) in [6.45, 7) is 0. The first-order valence-corrected chi connectivity index (χ1v) is 8.09. The zero-order valence-corrected chi connectivity index (χ0v) is 12.6. The first-order chi connectivity index (χ1) is 9.75. The van der Waals surface area contributed by atoms with Gasteiger partial charge in [0.2, 0.25) is 0 Å². The number of aromatic nitrogens is 2. The van der Waals surface area contributed by atoms with Gasteiger partial charge in [-0.3, -0.25) is 4.79 Å². The van der Waals surface area contributed by atoms with Gasteiger partial charge in [-0.15, -0.1) is 11.3 Å². The lowest BCUT2D eigenvalue weighted by Crippen LogP contribution is -2.03. The number of halogens is 1. The fourth-order valence-electron chi connectivity index (χ4n) is 1.78. The van der Waals surface area contributed by atoms with Crippen LogP contribution in [0.25, 0.3) is 10.2 Å². The number of carbonyl (C=O) groups is 1. The SMILES string of the molecule is O=C(CSc1ncnc2sccc12)c1ccccc1Cl. The standard InChI is InChI=1S/C14H9ClN2OS2/c15-11-4-2-1-3-9(11)12(18)7-20-14-10-5-6-19-13(10)16-8-17-14/h1-6,8H,7H2. The number of ketones is 1. The van der Waals surface area contributed by atoms with Crippen molar-refractivity contribution in [2.24, 2.45) is 0 Å². The number of thioether (sulfide) groups is 1. The van der Waals surface area contributed by atoms with Crippen molar-refractivity contribution < 1.29 is 4.79 Å². The van der Waals surface area contributed by atoms with Crippen molar-refractivity contribution in [3.8, 4) is 0 Å². The molecule has 0 amide bonds. The highest BCUT2D eigenvalue weighted by Gasteiger charge is 2.12. The Balaban J connectivity index is 1.78. The van der Waals surface area contributed by atoms with Crippen LogP contribution in [-0.4, -0.2) is 21.5 Å². The second kappa shape index (κ2) is 5.91. The molecule has 2 aromatic heterocycles. The molecule has 0 radical (unpaired) electrons. The monoisotopic (exact) mass is 320 g/mol. The fourth-order valence-corrected chi connectivity index (χ4v) is 3.68. The Bertz CT molecular complexity index is 772. The van der Waals surface area contributed by atoms with Crippen LogP contribution in [0, 0.1) is 0 Å². The van der Waals surface area contributed by atoms with E-state index >= 15 is 0 Å². The number of benzene rings is 1. The zero-order valence-electron chi connectivity index (χ0n) is 10.2. The van der Waals surface area contributed by atoms with E-state index in [1.165, 1.54) is 18.1 Å². The Hall–Kier alpha value is -1.43. The zero-order chi connectivity index (χ0) is 13.9. The summed E-state index contributed by atoms with van der Waals surface area (Å²) in [6.07, 6.45) is 1.53. The Morgan fingerprint density at radius 2 is 2.10 bits per heavy atom. The average molecular weight is 321 g/mol. The molecule has 0 aliphatic rings. The van der Waals surface area contributed by atoms with Crippen molar-refractivity contribution in [2.75, 3.05) is 5.75 Å². The van der Waals surface area contributed by atoms with Crippen molar-refractivity contribution in [3.63, 3.8) is 0 Å². The van der Waals surface area contributed by atoms with Crippen molar-refractivity contribution >= 4 is 50.7 Å². The number of thiophene rings is 1. The predicted octanol–water partition coefficient (Wildman–Crippen LogP) is 4.32. The minimum atomic E-state index is 0.00240. The summed E-state index contributed by atoms with van der Waals surface area (Å²) < 4.78 is 0. The Labute approximate surface area is 129 Å². The highest BCUT2D eigenvalue weighted by atomic mass is 35.5. The molecule has 20 heavy (non-hydrogen) atoms. The maximum Gasteiger partial charge on any atom is 0.174 e. The molecule has 100 valence electrons. The van der Waals surface area contributed by atoms with Crippen LogP contribution in [0.4, 0.5) is 0 Å². The minimum absolute atomic E-state index is 0.00240. The van der Waals surface area contributed by atoms with Gasteiger partial charge in [-0.1, -0.05) is 35.5 Å². The quantitative estimate of drug-likeness (QED) is 0.408. The van der Waals surface area contributed by atoms with Crippen LogP contribution in [0.15, 0.2) is 47.1 Å². The summed E-state index contributed by atoms with van der Waals surface area (Å²) in [5.41, 5.74) is 0.553. The molecular formula is C14H9ClN2OS2. The summed E-state index contributed by atoms with van der Waals surface area (Å²) >= 11 is 9.00. The van der Waals surface area contributed by atoms with Crippen molar-refractivity contribution in [1.82, 2.24) is 9.97 Å². The molecule has 3 aromatic rings. The molecule has 0 aliphatic heterocycles. The third kappa shape index (κ3) is 2.70. The van der Waals surface area contributed by atoms with Crippen molar-refractivity contribution in [3.05, 3.63) is 52.6 Å². The van der Waals surface area contributed by atoms with Gasteiger partial charge in [-0.05, 0) is 23.6 Å². The molecule has 0 N–H and O–H groups in total. The lowest BCUT2D eigenvalue weighted by Gasteiger charge is -2.03.